The first kappa shape index (κ1) is 9.27. The van der Waals surface area contributed by atoms with E-state index in [9.17, 15) is 9.90 Å². The Balaban J connectivity index is 1.95. The highest BCUT2D eigenvalue weighted by molar-refractivity contribution is 5.91. The van der Waals surface area contributed by atoms with Crippen molar-refractivity contribution in [2.45, 2.75) is 31.4 Å². The molecule has 0 aromatic carbocycles. The van der Waals surface area contributed by atoms with E-state index in [1.54, 1.807) is 12.1 Å². The van der Waals surface area contributed by atoms with Gasteiger partial charge in [0.15, 0.2) is 5.76 Å². The lowest BCUT2D eigenvalue weighted by atomic mass is 10.2. The molecule has 1 saturated carbocycles. The maximum atomic E-state index is 11.5. The van der Waals surface area contributed by atoms with Crippen LogP contribution in [-0.2, 0) is 0 Å². The summed E-state index contributed by atoms with van der Waals surface area (Å²) in [4.78, 5) is 11.5. The van der Waals surface area contributed by atoms with Crippen molar-refractivity contribution in [1.29, 1.82) is 0 Å². The van der Waals surface area contributed by atoms with Crippen LogP contribution in [0.4, 0.5) is 0 Å². The number of aliphatic hydroxyl groups is 1. The molecule has 1 aliphatic rings. The van der Waals surface area contributed by atoms with Crippen LogP contribution in [-0.4, -0.2) is 23.2 Å². The summed E-state index contributed by atoms with van der Waals surface area (Å²) in [5.74, 6) is 0.0463. The maximum absolute atomic E-state index is 11.5. The van der Waals surface area contributed by atoms with E-state index < -0.39 is 6.10 Å². The Morgan fingerprint density at radius 1 is 1.57 bits per heavy atom. The Hall–Kier alpha value is -1.29. The fourth-order valence-corrected chi connectivity index (χ4v) is 1.76. The van der Waals surface area contributed by atoms with Gasteiger partial charge in [-0.3, -0.25) is 4.79 Å². The molecule has 0 bridgehead atoms. The van der Waals surface area contributed by atoms with Crippen LogP contribution in [0, 0.1) is 0 Å². The summed E-state index contributed by atoms with van der Waals surface area (Å²) in [5.41, 5.74) is 0. The van der Waals surface area contributed by atoms with Crippen molar-refractivity contribution in [2.75, 3.05) is 0 Å². The number of carbonyl (C=O) groups excluding carboxylic acids is 1. The highest BCUT2D eigenvalue weighted by atomic mass is 16.3. The fraction of sp³-hybridized carbons (Fsp3) is 0.500. The van der Waals surface area contributed by atoms with Gasteiger partial charge in [-0.25, -0.2) is 0 Å². The molecule has 2 rings (SSSR count). The molecule has 1 heterocycles. The van der Waals surface area contributed by atoms with Crippen molar-refractivity contribution in [3.8, 4) is 0 Å². The van der Waals surface area contributed by atoms with E-state index in [1.165, 1.54) is 6.26 Å². The molecule has 4 nitrogen and oxygen atoms in total. The first-order chi connectivity index (χ1) is 6.77. The SMILES string of the molecule is O=C(NC1CCCC1O)c1ccco1. The maximum Gasteiger partial charge on any atom is 0.287 e. The van der Waals surface area contributed by atoms with Gasteiger partial charge in [0.05, 0.1) is 18.4 Å². The largest absolute Gasteiger partial charge is 0.459 e. The molecule has 0 radical (unpaired) electrons. The minimum atomic E-state index is -0.408. The summed E-state index contributed by atoms with van der Waals surface area (Å²) < 4.78 is 4.95. The van der Waals surface area contributed by atoms with E-state index >= 15 is 0 Å². The summed E-state index contributed by atoms with van der Waals surface area (Å²) in [6.45, 7) is 0. The van der Waals surface area contributed by atoms with Gasteiger partial charge in [-0.2, -0.15) is 0 Å². The third-order valence-electron chi connectivity index (χ3n) is 2.54. The van der Waals surface area contributed by atoms with Crippen LogP contribution < -0.4 is 5.32 Å². The molecule has 1 amide bonds. The molecule has 2 N–H and O–H groups in total. The minimum Gasteiger partial charge on any atom is -0.459 e. The van der Waals surface area contributed by atoms with Crippen LogP contribution in [0.3, 0.4) is 0 Å². The van der Waals surface area contributed by atoms with E-state index in [1.807, 2.05) is 0 Å². The minimum absolute atomic E-state index is 0.118. The Kier molecular flexibility index (Phi) is 2.54. The van der Waals surface area contributed by atoms with E-state index in [2.05, 4.69) is 5.32 Å². The third-order valence-corrected chi connectivity index (χ3v) is 2.54. The summed E-state index contributed by atoms with van der Waals surface area (Å²) in [6, 6.07) is 3.16. The van der Waals surface area contributed by atoms with Crippen molar-refractivity contribution >= 4 is 5.91 Å². The van der Waals surface area contributed by atoms with Crippen LogP contribution in [0.15, 0.2) is 22.8 Å². The average Bonchev–Trinajstić information content (AvgIpc) is 2.77. The molecule has 0 saturated heterocycles. The van der Waals surface area contributed by atoms with Crippen molar-refractivity contribution < 1.29 is 14.3 Å². The van der Waals surface area contributed by atoms with Crippen molar-refractivity contribution in [3.63, 3.8) is 0 Å². The first-order valence-corrected chi connectivity index (χ1v) is 4.80. The number of hydrogen-bond donors (Lipinski definition) is 2. The fourth-order valence-electron chi connectivity index (χ4n) is 1.76. The van der Waals surface area contributed by atoms with Crippen LogP contribution in [0.25, 0.3) is 0 Å². The summed E-state index contributed by atoms with van der Waals surface area (Å²) >= 11 is 0. The number of hydrogen-bond acceptors (Lipinski definition) is 3. The molecule has 1 aliphatic carbocycles. The molecular formula is C10H13NO3. The van der Waals surface area contributed by atoms with Gasteiger partial charge < -0.3 is 14.8 Å². The number of amides is 1. The summed E-state index contributed by atoms with van der Waals surface area (Å²) in [5, 5.41) is 12.2. The number of carbonyl (C=O) groups is 1. The normalized spacial score (nSPS) is 26.4. The Labute approximate surface area is 81.9 Å². The second kappa shape index (κ2) is 3.84. The van der Waals surface area contributed by atoms with Crippen LogP contribution in [0.2, 0.25) is 0 Å². The first-order valence-electron chi connectivity index (χ1n) is 4.80. The Morgan fingerprint density at radius 2 is 2.43 bits per heavy atom. The highest BCUT2D eigenvalue weighted by Gasteiger charge is 2.27. The smallest absolute Gasteiger partial charge is 0.287 e. The zero-order valence-electron chi connectivity index (χ0n) is 7.77. The van der Waals surface area contributed by atoms with Gasteiger partial charge >= 0.3 is 0 Å². The molecule has 14 heavy (non-hydrogen) atoms. The summed E-state index contributed by atoms with van der Waals surface area (Å²) in [6.07, 6.45) is 3.62. The predicted octanol–water partition coefficient (Wildman–Crippen LogP) is 0.923. The molecule has 0 aliphatic heterocycles. The quantitative estimate of drug-likeness (QED) is 0.737. The van der Waals surface area contributed by atoms with E-state index in [4.69, 9.17) is 4.42 Å². The molecule has 2 unspecified atom stereocenters. The summed E-state index contributed by atoms with van der Waals surface area (Å²) in [7, 11) is 0. The monoisotopic (exact) mass is 195 g/mol. The zero-order chi connectivity index (χ0) is 9.97. The van der Waals surface area contributed by atoms with E-state index in [0.717, 1.165) is 19.3 Å². The second-order valence-electron chi connectivity index (χ2n) is 3.56. The molecule has 1 aromatic heterocycles. The van der Waals surface area contributed by atoms with Gasteiger partial charge in [0.2, 0.25) is 0 Å². The second-order valence-corrected chi connectivity index (χ2v) is 3.56. The number of rotatable bonds is 2. The zero-order valence-corrected chi connectivity index (χ0v) is 7.77. The lowest BCUT2D eigenvalue weighted by Crippen LogP contribution is -2.39. The molecule has 0 spiro atoms. The van der Waals surface area contributed by atoms with Gasteiger partial charge in [0.25, 0.3) is 5.91 Å². The van der Waals surface area contributed by atoms with Crippen LogP contribution >= 0.6 is 0 Å². The Bertz CT molecular complexity index is 307. The molecule has 76 valence electrons. The van der Waals surface area contributed by atoms with Crippen LogP contribution in [0.1, 0.15) is 29.8 Å². The highest BCUT2D eigenvalue weighted by Crippen LogP contribution is 2.19. The van der Waals surface area contributed by atoms with Crippen LogP contribution in [0.5, 0.6) is 0 Å². The Morgan fingerprint density at radius 3 is 3.00 bits per heavy atom. The molecule has 2 atom stereocenters. The van der Waals surface area contributed by atoms with Gasteiger partial charge in [-0.15, -0.1) is 0 Å². The number of nitrogens with one attached hydrogen (secondary N) is 1. The van der Waals surface area contributed by atoms with Gasteiger partial charge in [0, 0.05) is 0 Å². The number of furan rings is 1. The van der Waals surface area contributed by atoms with E-state index in [-0.39, 0.29) is 11.9 Å². The molecule has 1 fully saturated rings. The molecule has 4 heteroatoms. The third kappa shape index (κ3) is 1.80. The lowest BCUT2D eigenvalue weighted by molar-refractivity contribution is 0.0846. The molecule has 1 aromatic rings. The van der Waals surface area contributed by atoms with E-state index in [0.29, 0.717) is 5.76 Å². The lowest BCUT2D eigenvalue weighted by Gasteiger charge is -2.15. The van der Waals surface area contributed by atoms with Gasteiger partial charge in [0.1, 0.15) is 0 Å². The van der Waals surface area contributed by atoms with Crippen molar-refractivity contribution in [1.82, 2.24) is 5.32 Å². The molecular weight excluding hydrogens is 182 g/mol. The standard InChI is InChI=1S/C10H13NO3/c12-8-4-1-3-7(8)11-10(13)9-5-2-6-14-9/h2,5-8,12H,1,3-4H2,(H,11,13). The topological polar surface area (TPSA) is 62.5 Å². The average molecular weight is 195 g/mol. The predicted molar refractivity (Wildman–Crippen MR) is 49.8 cm³/mol. The number of aliphatic hydroxyl groups excluding tert-OH is 1. The van der Waals surface area contributed by atoms with Crippen molar-refractivity contribution in [2.24, 2.45) is 0 Å². The van der Waals surface area contributed by atoms with Gasteiger partial charge in [-0.1, -0.05) is 0 Å². The van der Waals surface area contributed by atoms with Gasteiger partial charge in [-0.05, 0) is 31.4 Å². The van der Waals surface area contributed by atoms with Crippen molar-refractivity contribution in [3.05, 3.63) is 24.2 Å².